The van der Waals surface area contributed by atoms with E-state index in [0.29, 0.717) is 22.7 Å². The fraction of sp³-hybridized carbons (Fsp3) is 0.111. The van der Waals surface area contributed by atoms with Crippen molar-refractivity contribution in [2.24, 2.45) is 0 Å². The summed E-state index contributed by atoms with van der Waals surface area (Å²) in [5.74, 6) is 0.0796. The highest BCUT2D eigenvalue weighted by molar-refractivity contribution is 6.05. The Bertz CT molecular complexity index is 881. The molecule has 1 heterocycles. The first-order valence-corrected chi connectivity index (χ1v) is 7.32. The lowest BCUT2D eigenvalue weighted by Gasteiger charge is -2.11. The summed E-state index contributed by atoms with van der Waals surface area (Å²) >= 11 is 0. The molecule has 3 rings (SSSR count). The van der Waals surface area contributed by atoms with Crippen molar-refractivity contribution >= 4 is 34.2 Å². The van der Waals surface area contributed by atoms with E-state index < -0.39 is 5.91 Å². The van der Waals surface area contributed by atoms with Crippen LogP contribution in [0.25, 0.3) is 11.0 Å². The molecule has 0 radical (unpaired) electrons. The average Bonchev–Trinajstić information content (AvgIpc) is 2.99. The summed E-state index contributed by atoms with van der Waals surface area (Å²) in [5.41, 5.74) is 1.64. The number of hydrogen-bond donors (Lipinski definition) is 2. The fourth-order valence-electron chi connectivity index (χ4n) is 2.36. The lowest BCUT2D eigenvalue weighted by molar-refractivity contribution is -0.114. The number of carbonyl (C=O) groups is 2. The predicted molar refractivity (Wildman–Crippen MR) is 91.5 cm³/mol. The number of anilines is 2. The van der Waals surface area contributed by atoms with Crippen LogP contribution in [-0.4, -0.2) is 18.9 Å². The summed E-state index contributed by atoms with van der Waals surface area (Å²) in [7, 11) is 1.50. The maximum absolute atomic E-state index is 12.4. The van der Waals surface area contributed by atoms with Crippen molar-refractivity contribution in [2.75, 3.05) is 17.7 Å². The van der Waals surface area contributed by atoms with Crippen LogP contribution >= 0.6 is 0 Å². The van der Waals surface area contributed by atoms with Gasteiger partial charge in [-0.1, -0.05) is 18.2 Å². The second-order valence-corrected chi connectivity index (χ2v) is 5.20. The van der Waals surface area contributed by atoms with E-state index in [1.165, 1.54) is 14.0 Å². The number of para-hydroxylation sites is 1. The zero-order chi connectivity index (χ0) is 17.1. The SMILES string of the molecule is COc1ccc(NC(C)=O)cc1NC(=O)c1cc2ccccc2o1. The zero-order valence-electron chi connectivity index (χ0n) is 13.3. The number of fused-ring (bicyclic) bond motifs is 1. The van der Waals surface area contributed by atoms with Crippen molar-refractivity contribution in [3.05, 3.63) is 54.3 Å². The van der Waals surface area contributed by atoms with Gasteiger partial charge in [0.1, 0.15) is 11.3 Å². The minimum atomic E-state index is -0.399. The molecule has 0 saturated carbocycles. The van der Waals surface area contributed by atoms with Crippen LogP contribution in [0.3, 0.4) is 0 Å². The van der Waals surface area contributed by atoms with Crippen LogP contribution in [0.15, 0.2) is 52.9 Å². The van der Waals surface area contributed by atoms with Gasteiger partial charge in [0.2, 0.25) is 5.91 Å². The number of ether oxygens (including phenoxy) is 1. The number of benzene rings is 2. The second-order valence-electron chi connectivity index (χ2n) is 5.20. The smallest absolute Gasteiger partial charge is 0.291 e. The molecule has 0 aliphatic rings. The molecule has 0 unspecified atom stereocenters. The van der Waals surface area contributed by atoms with Gasteiger partial charge in [0, 0.05) is 18.0 Å². The first kappa shape index (κ1) is 15.6. The van der Waals surface area contributed by atoms with Gasteiger partial charge in [-0.25, -0.2) is 0 Å². The molecule has 2 N–H and O–H groups in total. The first-order chi connectivity index (χ1) is 11.6. The summed E-state index contributed by atoms with van der Waals surface area (Å²) in [4.78, 5) is 23.6. The van der Waals surface area contributed by atoms with Crippen molar-refractivity contribution in [1.29, 1.82) is 0 Å². The molecule has 0 bridgehead atoms. The molecule has 2 aromatic carbocycles. The normalized spacial score (nSPS) is 10.4. The van der Waals surface area contributed by atoms with Crippen LogP contribution in [0.4, 0.5) is 11.4 Å². The molecule has 122 valence electrons. The molecule has 0 atom stereocenters. The van der Waals surface area contributed by atoms with Gasteiger partial charge >= 0.3 is 0 Å². The molecule has 1 aromatic heterocycles. The highest BCUT2D eigenvalue weighted by Gasteiger charge is 2.15. The van der Waals surface area contributed by atoms with Crippen LogP contribution in [-0.2, 0) is 4.79 Å². The van der Waals surface area contributed by atoms with Gasteiger partial charge in [0.05, 0.1) is 12.8 Å². The molecule has 6 heteroatoms. The third-order valence-corrected chi connectivity index (χ3v) is 3.42. The van der Waals surface area contributed by atoms with E-state index in [1.807, 2.05) is 18.2 Å². The van der Waals surface area contributed by atoms with Crippen LogP contribution in [0.1, 0.15) is 17.5 Å². The number of amides is 2. The molecular formula is C18H16N2O4. The molecule has 0 saturated heterocycles. The Labute approximate surface area is 138 Å². The fourth-order valence-corrected chi connectivity index (χ4v) is 2.36. The molecule has 0 aliphatic carbocycles. The van der Waals surface area contributed by atoms with E-state index in [0.717, 1.165) is 5.39 Å². The standard InChI is InChI=1S/C18H16N2O4/c1-11(21)19-13-7-8-16(23-2)14(10-13)20-18(22)17-9-12-5-3-4-6-15(12)24-17/h3-10H,1-2H3,(H,19,21)(H,20,22). The van der Waals surface area contributed by atoms with E-state index in [-0.39, 0.29) is 11.7 Å². The van der Waals surface area contributed by atoms with Gasteiger partial charge in [-0.2, -0.15) is 0 Å². The number of hydrogen-bond acceptors (Lipinski definition) is 4. The van der Waals surface area contributed by atoms with Crippen LogP contribution in [0.5, 0.6) is 5.75 Å². The summed E-state index contributed by atoms with van der Waals surface area (Å²) in [6.45, 7) is 1.41. The number of methoxy groups -OCH3 is 1. The van der Waals surface area contributed by atoms with Crippen molar-refractivity contribution in [1.82, 2.24) is 0 Å². The Morgan fingerprint density at radius 3 is 2.54 bits per heavy atom. The van der Waals surface area contributed by atoms with Gasteiger partial charge in [0.15, 0.2) is 5.76 Å². The number of rotatable bonds is 4. The van der Waals surface area contributed by atoms with Gasteiger partial charge in [-0.3, -0.25) is 9.59 Å². The molecule has 2 amide bonds. The number of furan rings is 1. The van der Waals surface area contributed by atoms with Crippen LogP contribution < -0.4 is 15.4 Å². The Balaban J connectivity index is 1.88. The zero-order valence-corrected chi connectivity index (χ0v) is 13.3. The molecule has 3 aromatic rings. The summed E-state index contributed by atoms with van der Waals surface area (Å²) < 4.78 is 10.8. The lowest BCUT2D eigenvalue weighted by atomic mass is 10.2. The second kappa shape index (κ2) is 6.45. The summed E-state index contributed by atoms with van der Waals surface area (Å²) in [5, 5.41) is 6.25. The van der Waals surface area contributed by atoms with E-state index in [9.17, 15) is 9.59 Å². The van der Waals surface area contributed by atoms with E-state index in [2.05, 4.69) is 10.6 Å². The van der Waals surface area contributed by atoms with Gasteiger partial charge in [0.25, 0.3) is 5.91 Å². The first-order valence-electron chi connectivity index (χ1n) is 7.32. The average molecular weight is 324 g/mol. The maximum atomic E-state index is 12.4. The third-order valence-electron chi connectivity index (χ3n) is 3.42. The number of nitrogens with one attached hydrogen (secondary N) is 2. The minimum Gasteiger partial charge on any atom is -0.495 e. The van der Waals surface area contributed by atoms with Crippen LogP contribution in [0, 0.1) is 0 Å². The van der Waals surface area contributed by atoms with E-state index >= 15 is 0 Å². The molecule has 0 fully saturated rings. The monoisotopic (exact) mass is 324 g/mol. The Hall–Kier alpha value is -3.28. The van der Waals surface area contributed by atoms with Gasteiger partial charge in [-0.05, 0) is 30.3 Å². The van der Waals surface area contributed by atoms with Crippen molar-refractivity contribution in [3.63, 3.8) is 0 Å². The summed E-state index contributed by atoms with van der Waals surface area (Å²) in [6.07, 6.45) is 0. The number of carbonyl (C=O) groups excluding carboxylic acids is 2. The Kier molecular flexibility index (Phi) is 4.20. The molecular weight excluding hydrogens is 308 g/mol. The predicted octanol–water partition coefficient (Wildman–Crippen LogP) is 3.65. The van der Waals surface area contributed by atoms with Gasteiger partial charge < -0.3 is 19.8 Å². The Morgan fingerprint density at radius 2 is 1.83 bits per heavy atom. The van der Waals surface area contributed by atoms with Crippen LogP contribution in [0.2, 0.25) is 0 Å². The van der Waals surface area contributed by atoms with Crippen molar-refractivity contribution < 1.29 is 18.7 Å². The minimum absolute atomic E-state index is 0.197. The Morgan fingerprint density at radius 1 is 1.04 bits per heavy atom. The quantitative estimate of drug-likeness (QED) is 0.767. The topological polar surface area (TPSA) is 80.6 Å². The van der Waals surface area contributed by atoms with E-state index in [4.69, 9.17) is 9.15 Å². The van der Waals surface area contributed by atoms with Crippen molar-refractivity contribution in [3.8, 4) is 5.75 Å². The molecule has 6 nitrogen and oxygen atoms in total. The molecule has 24 heavy (non-hydrogen) atoms. The molecule has 0 aliphatic heterocycles. The highest BCUT2D eigenvalue weighted by atomic mass is 16.5. The largest absolute Gasteiger partial charge is 0.495 e. The third kappa shape index (κ3) is 3.22. The van der Waals surface area contributed by atoms with Crippen molar-refractivity contribution in [2.45, 2.75) is 6.92 Å². The van der Waals surface area contributed by atoms with E-state index in [1.54, 1.807) is 30.3 Å². The summed E-state index contributed by atoms with van der Waals surface area (Å²) in [6, 6.07) is 14.0. The lowest BCUT2D eigenvalue weighted by Crippen LogP contribution is -2.12. The maximum Gasteiger partial charge on any atom is 0.291 e. The molecule has 0 spiro atoms. The highest BCUT2D eigenvalue weighted by Crippen LogP contribution is 2.29. The van der Waals surface area contributed by atoms with Gasteiger partial charge in [-0.15, -0.1) is 0 Å².